The molecule has 8 nitrogen and oxygen atoms in total. The van der Waals surface area contributed by atoms with Crippen molar-refractivity contribution >= 4 is 35.4 Å². The number of carbonyl (C=O) groups excluding carboxylic acids is 5. The van der Waals surface area contributed by atoms with Gasteiger partial charge in [0, 0.05) is 12.2 Å². The number of cyclic esters (lactones) is 2. The molecule has 176 valence electrons. The van der Waals surface area contributed by atoms with Crippen LogP contribution in [0.5, 0.6) is 0 Å². The van der Waals surface area contributed by atoms with Crippen molar-refractivity contribution in [3.05, 3.63) is 41.0 Å². The normalized spacial score (nSPS) is 14.8. The molecule has 2 amide bonds. The lowest BCUT2D eigenvalue weighted by atomic mass is 10.0. The molecule has 0 saturated heterocycles. The van der Waals surface area contributed by atoms with Crippen LogP contribution in [0.15, 0.2) is 24.3 Å². The molecule has 0 aromatic heterocycles. The summed E-state index contributed by atoms with van der Waals surface area (Å²) >= 11 is 0. The number of hydrogen-bond donors (Lipinski definition) is 0. The Morgan fingerprint density at radius 1 is 0.788 bits per heavy atom. The molecule has 2 aliphatic heterocycles. The molecule has 0 N–H and O–H groups in total. The molecule has 0 saturated carbocycles. The van der Waals surface area contributed by atoms with E-state index >= 15 is 0 Å². The summed E-state index contributed by atoms with van der Waals surface area (Å²) in [5, 5.41) is 0. The number of ether oxygens (including phenoxy) is 2. The van der Waals surface area contributed by atoms with Crippen LogP contribution < -0.4 is 4.90 Å². The molecule has 0 fully saturated rings. The van der Waals surface area contributed by atoms with Crippen molar-refractivity contribution in [1.82, 2.24) is 0 Å². The van der Waals surface area contributed by atoms with E-state index in [1.807, 2.05) is 0 Å². The summed E-state index contributed by atoms with van der Waals surface area (Å²) in [6.07, 6.45) is 13.5. The third-order valence-corrected chi connectivity index (χ3v) is 5.76. The van der Waals surface area contributed by atoms with E-state index in [2.05, 4.69) is 11.7 Å². The Kier molecular flexibility index (Phi) is 8.52. The summed E-state index contributed by atoms with van der Waals surface area (Å²) in [4.78, 5) is 61.6. The number of unbranched alkanes of at least 4 members (excludes halogenated alkanes) is 9. The molecule has 2 aliphatic rings. The predicted molar refractivity (Wildman–Crippen MR) is 120 cm³/mol. The summed E-state index contributed by atoms with van der Waals surface area (Å²) in [7, 11) is 0. The molecule has 0 radical (unpaired) electrons. The fraction of sp³-hybridized carbons (Fsp3) is 0.480. The first-order valence-corrected chi connectivity index (χ1v) is 11.6. The van der Waals surface area contributed by atoms with E-state index in [4.69, 9.17) is 4.74 Å². The molecule has 1 aromatic carbocycles. The largest absolute Gasteiger partial charge is 0.462 e. The van der Waals surface area contributed by atoms with E-state index < -0.39 is 29.7 Å². The highest BCUT2D eigenvalue weighted by Crippen LogP contribution is 2.32. The van der Waals surface area contributed by atoms with Crippen molar-refractivity contribution in [2.45, 2.75) is 71.1 Å². The number of amides is 2. The van der Waals surface area contributed by atoms with Gasteiger partial charge in [0.15, 0.2) is 0 Å². The Morgan fingerprint density at radius 3 is 1.88 bits per heavy atom. The third kappa shape index (κ3) is 5.94. The lowest BCUT2D eigenvalue weighted by molar-refractivity contribution is -0.120. The van der Waals surface area contributed by atoms with Gasteiger partial charge in [-0.1, -0.05) is 64.7 Å². The Labute approximate surface area is 192 Å². The van der Waals surface area contributed by atoms with Gasteiger partial charge in [-0.15, -0.1) is 0 Å². The Balaban J connectivity index is 1.56. The molecule has 2 heterocycles. The molecular formula is C25H29NO7. The van der Waals surface area contributed by atoms with Gasteiger partial charge in [-0.3, -0.25) is 9.59 Å². The van der Waals surface area contributed by atoms with Crippen LogP contribution in [0.4, 0.5) is 5.69 Å². The quantitative estimate of drug-likeness (QED) is 0.186. The Hall–Kier alpha value is -3.29. The smallest absolute Gasteiger partial charge is 0.346 e. The summed E-state index contributed by atoms with van der Waals surface area (Å²) in [5.41, 5.74) is -0.443. The summed E-state index contributed by atoms with van der Waals surface area (Å²) in [6.45, 7) is 2.38. The highest BCUT2D eigenvalue weighted by Gasteiger charge is 2.36. The highest BCUT2D eigenvalue weighted by molar-refractivity contribution is 6.30. The van der Waals surface area contributed by atoms with Crippen LogP contribution in [0.1, 0.15) is 102 Å². The van der Waals surface area contributed by atoms with Crippen LogP contribution in [0.2, 0.25) is 0 Å². The fourth-order valence-corrected chi connectivity index (χ4v) is 3.94. The standard InChI is InChI=1S/C25H29NO7/c1-2-3-4-5-6-7-8-9-10-11-14-32-23(29)19-15-17-18(25(31)33-24(17)30)16-20(19)26-21(27)12-13-22(26)28/h12-13,15-16H,2-11,14H2,1H3. The first kappa shape index (κ1) is 24.4. The van der Waals surface area contributed by atoms with Gasteiger partial charge in [0.2, 0.25) is 0 Å². The maximum Gasteiger partial charge on any atom is 0.346 e. The van der Waals surface area contributed by atoms with Gasteiger partial charge in [0.25, 0.3) is 11.8 Å². The van der Waals surface area contributed by atoms with Crippen LogP contribution in [-0.2, 0) is 19.1 Å². The summed E-state index contributed by atoms with van der Waals surface area (Å²) in [5.74, 6) is -3.86. The van der Waals surface area contributed by atoms with Crippen LogP contribution in [0, 0.1) is 0 Å². The maximum atomic E-state index is 12.8. The molecule has 1 aromatic rings. The number of benzene rings is 1. The number of nitrogens with zero attached hydrogens (tertiary/aromatic N) is 1. The van der Waals surface area contributed by atoms with Gasteiger partial charge < -0.3 is 9.47 Å². The van der Waals surface area contributed by atoms with Gasteiger partial charge in [-0.25, -0.2) is 19.3 Å². The van der Waals surface area contributed by atoms with Crippen molar-refractivity contribution in [3.8, 4) is 0 Å². The van der Waals surface area contributed by atoms with E-state index in [9.17, 15) is 24.0 Å². The second-order valence-electron chi connectivity index (χ2n) is 8.26. The minimum Gasteiger partial charge on any atom is -0.462 e. The van der Waals surface area contributed by atoms with Gasteiger partial charge in [-0.2, -0.15) is 0 Å². The molecule has 0 unspecified atom stereocenters. The van der Waals surface area contributed by atoms with Crippen molar-refractivity contribution in [1.29, 1.82) is 0 Å². The van der Waals surface area contributed by atoms with Crippen molar-refractivity contribution in [2.75, 3.05) is 11.5 Å². The van der Waals surface area contributed by atoms with Crippen LogP contribution in [0.3, 0.4) is 0 Å². The number of fused-ring (bicyclic) bond motifs is 1. The van der Waals surface area contributed by atoms with Gasteiger partial charge in [-0.05, 0) is 18.6 Å². The topological polar surface area (TPSA) is 107 Å². The highest BCUT2D eigenvalue weighted by atomic mass is 16.6. The van der Waals surface area contributed by atoms with Crippen molar-refractivity contribution < 1.29 is 33.4 Å². The molecule has 3 rings (SSSR count). The number of imide groups is 1. The summed E-state index contributed by atoms with van der Waals surface area (Å²) in [6, 6.07) is 2.31. The first-order valence-electron chi connectivity index (χ1n) is 11.6. The average Bonchev–Trinajstić information content (AvgIpc) is 3.27. The monoisotopic (exact) mass is 455 g/mol. The lowest BCUT2D eigenvalue weighted by Gasteiger charge is -2.18. The maximum absolute atomic E-state index is 12.8. The average molecular weight is 456 g/mol. The van der Waals surface area contributed by atoms with Gasteiger partial charge >= 0.3 is 17.9 Å². The Bertz CT molecular complexity index is 961. The third-order valence-electron chi connectivity index (χ3n) is 5.76. The predicted octanol–water partition coefficient (Wildman–Crippen LogP) is 4.50. The lowest BCUT2D eigenvalue weighted by Crippen LogP contribution is -2.31. The van der Waals surface area contributed by atoms with Gasteiger partial charge in [0.05, 0.1) is 29.0 Å². The van der Waals surface area contributed by atoms with E-state index in [1.165, 1.54) is 38.5 Å². The molecule has 33 heavy (non-hydrogen) atoms. The number of carbonyl (C=O) groups is 5. The van der Waals surface area contributed by atoms with Crippen LogP contribution >= 0.6 is 0 Å². The fourth-order valence-electron chi connectivity index (χ4n) is 3.94. The minimum absolute atomic E-state index is 0.0957. The zero-order valence-electron chi connectivity index (χ0n) is 18.9. The number of anilines is 1. The minimum atomic E-state index is -0.895. The summed E-state index contributed by atoms with van der Waals surface area (Å²) < 4.78 is 9.92. The molecule has 0 bridgehead atoms. The molecule has 0 aliphatic carbocycles. The van der Waals surface area contributed by atoms with E-state index in [0.29, 0.717) is 6.42 Å². The van der Waals surface area contributed by atoms with E-state index in [1.54, 1.807) is 0 Å². The molecule has 0 atom stereocenters. The van der Waals surface area contributed by atoms with Crippen LogP contribution in [-0.4, -0.2) is 36.3 Å². The zero-order chi connectivity index (χ0) is 23.8. The number of esters is 3. The van der Waals surface area contributed by atoms with Crippen molar-refractivity contribution in [2.24, 2.45) is 0 Å². The Morgan fingerprint density at radius 2 is 1.30 bits per heavy atom. The first-order chi connectivity index (χ1) is 15.9. The molecule has 0 spiro atoms. The molecular weight excluding hydrogens is 426 g/mol. The second kappa shape index (κ2) is 11.5. The van der Waals surface area contributed by atoms with E-state index in [-0.39, 0.29) is 29.0 Å². The zero-order valence-corrected chi connectivity index (χ0v) is 18.9. The van der Waals surface area contributed by atoms with Crippen LogP contribution in [0.25, 0.3) is 0 Å². The number of rotatable bonds is 13. The van der Waals surface area contributed by atoms with Gasteiger partial charge in [0.1, 0.15) is 0 Å². The molecule has 8 heteroatoms. The number of hydrogen-bond acceptors (Lipinski definition) is 7. The SMILES string of the molecule is CCCCCCCCCCCCOC(=O)c1cc2c(cc1N1C(=O)C=CC1=O)C(=O)OC2=O. The van der Waals surface area contributed by atoms with Crippen molar-refractivity contribution in [3.63, 3.8) is 0 Å². The second-order valence-corrected chi connectivity index (χ2v) is 8.26. The van der Waals surface area contributed by atoms with E-state index in [0.717, 1.165) is 48.4 Å².